The van der Waals surface area contributed by atoms with Crippen LogP contribution in [0.4, 0.5) is 0 Å². The van der Waals surface area contributed by atoms with Crippen LogP contribution in [0.5, 0.6) is 5.75 Å². The molecular formula is C16H18BrNO2. The van der Waals surface area contributed by atoms with Crippen molar-refractivity contribution in [3.63, 3.8) is 0 Å². The summed E-state index contributed by atoms with van der Waals surface area (Å²) in [5.74, 6) is 0.855. The largest absolute Gasteiger partial charge is 0.497 e. The number of fused-ring (bicyclic) bond motifs is 1. The maximum absolute atomic E-state index is 9.89. The van der Waals surface area contributed by atoms with Crippen LogP contribution < -0.4 is 10.1 Å². The third-order valence-corrected chi connectivity index (χ3v) is 4.65. The zero-order chi connectivity index (χ0) is 14.1. The second kappa shape index (κ2) is 5.72. The minimum Gasteiger partial charge on any atom is -0.497 e. The molecule has 0 radical (unpaired) electrons. The Morgan fingerprint density at radius 1 is 1.25 bits per heavy atom. The minimum atomic E-state index is -0.217. The van der Waals surface area contributed by atoms with E-state index in [9.17, 15) is 5.11 Å². The van der Waals surface area contributed by atoms with Gasteiger partial charge in [0.15, 0.2) is 0 Å². The smallest absolute Gasteiger partial charge is 0.119 e. The topological polar surface area (TPSA) is 41.5 Å². The van der Waals surface area contributed by atoms with Crippen LogP contribution in [0, 0.1) is 0 Å². The summed E-state index contributed by atoms with van der Waals surface area (Å²) in [7, 11) is 1.68. The number of nitrogens with one attached hydrogen (secondary N) is 1. The number of halogens is 1. The van der Waals surface area contributed by atoms with E-state index in [0.717, 1.165) is 29.6 Å². The first kappa shape index (κ1) is 13.9. The number of benzene rings is 2. The quantitative estimate of drug-likeness (QED) is 0.883. The van der Waals surface area contributed by atoms with Crippen LogP contribution in [0.2, 0.25) is 0 Å². The van der Waals surface area contributed by atoms with Gasteiger partial charge in [0.1, 0.15) is 5.75 Å². The van der Waals surface area contributed by atoms with Crippen molar-refractivity contribution >= 4 is 26.7 Å². The molecule has 2 aromatic rings. The van der Waals surface area contributed by atoms with Gasteiger partial charge < -0.3 is 15.2 Å². The summed E-state index contributed by atoms with van der Waals surface area (Å²) in [6, 6.07) is 10.5. The summed E-state index contributed by atoms with van der Waals surface area (Å²) < 4.78 is 6.42. The SMILES string of the molecule is COc1ccc2c(Br)ccc([C@@H]3CC(O)CCN3)c2c1. The number of methoxy groups -OCH3 is 1. The number of aliphatic hydroxyl groups excluding tert-OH is 1. The van der Waals surface area contributed by atoms with Gasteiger partial charge in [0, 0.05) is 10.5 Å². The first-order valence-corrected chi connectivity index (χ1v) is 7.66. The molecular weight excluding hydrogens is 318 g/mol. The van der Waals surface area contributed by atoms with Crippen LogP contribution in [-0.4, -0.2) is 24.9 Å². The lowest BCUT2D eigenvalue weighted by molar-refractivity contribution is 0.117. The molecule has 106 valence electrons. The van der Waals surface area contributed by atoms with Crippen molar-refractivity contribution in [2.24, 2.45) is 0 Å². The van der Waals surface area contributed by atoms with E-state index in [1.165, 1.54) is 16.3 Å². The van der Waals surface area contributed by atoms with E-state index < -0.39 is 0 Å². The Morgan fingerprint density at radius 3 is 2.85 bits per heavy atom. The molecule has 1 fully saturated rings. The number of aliphatic hydroxyl groups is 1. The molecule has 2 aromatic carbocycles. The number of piperidine rings is 1. The molecule has 0 aliphatic carbocycles. The van der Waals surface area contributed by atoms with E-state index in [4.69, 9.17) is 4.74 Å². The summed E-state index contributed by atoms with van der Waals surface area (Å²) in [6.07, 6.45) is 1.37. The zero-order valence-corrected chi connectivity index (χ0v) is 13.0. The standard InChI is InChI=1S/C16H18BrNO2/c1-20-11-2-3-12-14(9-11)13(4-5-15(12)17)16-8-10(19)6-7-18-16/h2-5,9-10,16,18-19H,6-8H2,1H3/t10?,16-/m0/s1. The predicted molar refractivity (Wildman–Crippen MR) is 84.2 cm³/mol. The van der Waals surface area contributed by atoms with Gasteiger partial charge in [0.2, 0.25) is 0 Å². The fourth-order valence-electron chi connectivity index (χ4n) is 2.88. The number of hydrogen-bond donors (Lipinski definition) is 2. The van der Waals surface area contributed by atoms with Gasteiger partial charge in [-0.2, -0.15) is 0 Å². The average molecular weight is 336 g/mol. The molecule has 0 aromatic heterocycles. The third-order valence-electron chi connectivity index (χ3n) is 3.96. The van der Waals surface area contributed by atoms with Crippen molar-refractivity contribution in [3.05, 3.63) is 40.4 Å². The lowest BCUT2D eigenvalue weighted by atomic mass is 9.91. The fourth-order valence-corrected chi connectivity index (χ4v) is 3.36. The normalized spacial score (nSPS) is 22.9. The maximum Gasteiger partial charge on any atom is 0.119 e. The Bertz CT molecular complexity index is 629. The highest BCUT2D eigenvalue weighted by atomic mass is 79.9. The van der Waals surface area contributed by atoms with Crippen LogP contribution in [-0.2, 0) is 0 Å². The molecule has 0 amide bonds. The van der Waals surface area contributed by atoms with Crippen molar-refractivity contribution in [3.8, 4) is 5.75 Å². The van der Waals surface area contributed by atoms with E-state index in [0.29, 0.717) is 0 Å². The monoisotopic (exact) mass is 335 g/mol. The van der Waals surface area contributed by atoms with E-state index in [-0.39, 0.29) is 12.1 Å². The molecule has 3 nitrogen and oxygen atoms in total. The molecule has 1 aliphatic heterocycles. The summed E-state index contributed by atoms with van der Waals surface area (Å²) in [5, 5.41) is 15.7. The zero-order valence-electron chi connectivity index (χ0n) is 11.4. The van der Waals surface area contributed by atoms with Gasteiger partial charge in [-0.1, -0.05) is 22.0 Å². The van der Waals surface area contributed by atoms with Crippen LogP contribution in [0.15, 0.2) is 34.8 Å². The van der Waals surface area contributed by atoms with E-state index >= 15 is 0 Å². The molecule has 2 atom stereocenters. The van der Waals surface area contributed by atoms with Gasteiger partial charge in [-0.05, 0) is 60.0 Å². The van der Waals surface area contributed by atoms with Crippen molar-refractivity contribution in [2.45, 2.75) is 25.0 Å². The lowest BCUT2D eigenvalue weighted by Gasteiger charge is -2.28. The molecule has 3 rings (SSSR count). The summed E-state index contributed by atoms with van der Waals surface area (Å²) in [5.41, 5.74) is 1.22. The van der Waals surface area contributed by atoms with Gasteiger partial charge in [0.25, 0.3) is 0 Å². The number of ether oxygens (including phenoxy) is 1. The van der Waals surface area contributed by atoms with Gasteiger partial charge in [-0.25, -0.2) is 0 Å². The maximum atomic E-state index is 9.89. The van der Waals surface area contributed by atoms with Crippen molar-refractivity contribution in [1.82, 2.24) is 5.32 Å². The predicted octanol–water partition coefficient (Wildman–Crippen LogP) is 3.40. The van der Waals surface area contributed by atoms with Crippen LogP contribution in [0.25, 0.3) is 10.8 Å². The van der Waals surface area contributed by atoms with Crippen molar-refractivity contribution in [1.29, 1.82) is 0 Å². The van der Waals surface area contributed by atoms with Crippen LogP contribution >= 0.6 is 15.9 Å². The first-order valence-electron chi connectivity index (χ1n) is 6.86. The summed E-state index contributed by atoms with van der Waals surface area (Å²) >= 11 is 3.60. The van der Waals surface area contributed by atoms with Crippen LogP contribution in [0.1, 0.15) is 24.4 Å². The molecule has 0 spiro atoms. The van der Waals surface area contributed by atoms with Crippen molar-refractivity contribution in [2.75, 3.05) is 13.7 Å². The molecule has 1 aliphatic rings. The third kappa shape index (κ3) is 2.55. The molecule has 0 bridgehead atoms. The summed E-state index contributed by atoms with van der Waals surface area (Å²) in [6.45, 7) is 0.855. The fraction of sp³-hybridized carbons (Fsp3) is 0.375. The molecule has 1 saturated heterocycles. The number of hydrogen-bond acceptors (Lipinski definition) is 3. The van der Waals surface area contributed by atoms with E-state index in [1.807, 2.05) is 6.07 Å². The molecule has 2 N–H and O–H groups in total. The van der Waals surface area contributed by atoms with Gasteiger partial charge in [-0.3, -0.25) is 0 Å². The second-order valence-corrected chi connectivity index (χ2v) is 6.09. The Labute approximate surface area is 127 Å². The minimum absolute atomic E-state index is 0.196. The molecule has 1 heterocycles. The second-order valence-electron chi connectivity index (χ2n) is 5.23. The summed E-state index contributed by atoms with van der Waals surface area (Å²) in [4.78, 5) is 0. The van der Waals surface area contributed by atoms with E-state index in [2.05, 4.69) is 45.5 Å². The van der Waals surface area contributed by atoms with Crippen LogP contribution in [0.3, 0.4) is 0 Å². The average Bonchev–Trinajstić information content (AvgIpc) is 2.47. The molecule has 0 saturated carbocycles. The molecule has 20 heavy (non-hydrogen) atoms. The Balaban J connectivity index is 2.11. The Morgan fingerprint density at radius 2 is 2.10 bits per heavy atom. The van der Waals surface area contributed by atoms with Crippen molar-refractivity contribution < 1.29 is 9.84 Å². The van der Waals surface area contributed by atoms with Gasteiger partial charge in [-0.15, -0.1) is 0 Å². The Hall–Kier alpha value is -1.10. The Kier molecular flexibility index (Phi) is 3.96. The number of rotatable bonds is 2. The van der Waals surface area contributed by atoms with Gasteiger partial charge >= 0.3 is 0 Å². The highest BCUT2D eigenvalue weighted by Gasteiger charge is 2.22. The molecule has 1 unspecified atom stereocenters. The highest BCUT2D eigenvalue weighted by Crippen LogP contribution is 2.35. The first-order chi connectivity index (χ1) is 9.69. The highest BCUT2D eigenvalue weighted by molar-refractivity contribution is 9.10. The van der Waals surface area contributed by atoms with Gasteiger partial charge in [0.05, 0.1) is 13.2 Å². The van der Waals surface area contributed by atoms with E-state index in [1.54, 1.807) is 7.11 Å². The lowest BCUT2D eigenvalue weighted by Crippen LogP contribution is -2.34. The molecule has 4 heteroatoms.